The lowest BCUT2D eigenvalue weighted by Gasteiger charge is -2.44. The van der Waals surface area contributed by atoms with Crippen LogP contribution in [0.5, 0.6) is 0 Å². The minimum atomic E-state index is 0.800. The zero-order chi connectivity index (χ0) is 14.7. The Morgan fingerprint density at radius 2 is 1.45 bits per heavy atom. The molecule has 2 fully saturated rings. The number of hydrogen-bond acceptors (Lipinski definition) is 2. The lowest BCUT2D eigenvalue weighted by molar-refractivity contribution is 0.0386. The summed E-state index contributed by atoms with van der Waals surface area (Å²) in [6.07, 6.45) is 2.82. The molecule has 0 radical (unpaired) electrons. The largest absolute Gasteiger partial charge is 0.303 e. The van der Waals surface area contributed by atoms with E-state index in [2.05, 4.69) is 44.4 Å². The number of nitrogens with zero attached hydrogens (tertiary/aromatic N) is 2. The number of hydrogen-bond donors (Lipinski definition) is 0. The van der Waals surface area contributed by atoms with Gasteiger partial charge in [-0.3, -0.25) is 0 Å². The zero-order valence-corrected chi connectivity index (χ0v) is 14.4. The fourth-order valence-electron chi connectivity index (χ4n) is 4.29. The molecule has 0 N–H and O–H groups in total. The first-order valence-electron chi connectivity index (χ1n) is 8.90. The molecule has 0 aromatic heterocycles. The van der Waals surface area contributed by atoms with Gasteiger partial charge in [0.2, 0.25) is 0 Å². The molecule has 2 rings (SSSR count). The van der Waals surface area contributed by atoms with Gasteiger partial charge in [0.1, 0.15) is 0 Å². The van der Waals surface area contributed by atoms with Gasteiger partial charge in [-0.2, -0.15) is 0 Å². The van der Waals surface area contributed by atoms with Crippen LogP contribution in [0.4, 0.5) is 0 Å². The summed E-state index contributed by atoms with van der Waals surface area (Å²) in [5.74, 6) is 4.38. The van der Waals surface area contributed by atoms with Crippen molar-refractivity contribution in [3.63, 3.8) is 0 Å². The van der Waals surface area contributed by atoms with Crippen LogP contribution in [-0.2, 0) is 0 Å². The van der Waals surface area contributed by atoms with Crippen LogP contribution < -0.4 is 0 Å². The monoisotopic (exact) mass is 280 g/mol. The van der Waals surface area contributed by atoms with Gasteiger partial charge < -0.3 is 9.80 Å². The standard InChI is InChI=1S/C18H36N2/c1-14(2)10-20-11-16(4)18(17(5)12-20)13-19-8-6-15(3)7-9-19/h14-18H,6-13H2,1-5H3. The Morgan fingerprint density at radius 1 is 0.900 bits per heavy atom. The number of piperidine rings is 2. The second kappa shape index (κ2) is 7.26. The Balaban J connectivity index is 1.83. The molecular formula is C18H36N2. The molecule has 0 aromatic carbocycles. The van der Waals surface area contributed by atoms with Crippen LogP contribution in [0.25, 0.3) is 0 Å². The fourth-order valence-corrected chi connectivity index (χ4v) is 4.29. The van der Waals surface area contributed by atoms with Crippen molar-refractivity contribution in [1.82, 2.24) is 9.80 Å². The Kier molecular flexibility index (Phi) is 5.92. The summed E-state index contributed by atoms with van der Waals surface area (Å²) in [6.45, 7) is 20.0. The molecule has 0 aliphatic carbocycles. The highest BCUT2D eigenvalue weighted by Gasteiger charge is 2.33. The maximum Gasteiger partial charge on any atom is 0.00157 e. The van der Waals surface area contributed by atoms with E-state index in [0.29, 0.717) is 0 Å². The van der Waals surface area contributed by atoms with Crippen molar-refractivity contribution in [3.05, 3.63) is 0 Å². The third-order valence-corrected chi connectivity index (χ3v) is 5.52. The summed E-state index contributed by atoms with van der Waals surface area (Å²) in [5.41, 5.74) is 0. The highest BCUT2D eigenvalue weighted by molar-refractivity contribution is 4.86. The average molecular weight is 280 g/mol. The molecule has 2 aliphatic heterocycles. The summed E-state index contributed by atoms with van der Waals surface area (Å²) in [6, 6.07) is 0. The van der Waals surface area contributed by atoms with E-state index < -0.39 is 0 Å². The molecule has 0 saturated carbocycles. The first-order chi connectivity index (χ1) is 9.45. The van der Waals surface area contributed by atoms with Crippen molar-refractivity contribution >= 4 is 0 Å². The van der Waals surface area contributed by atoms with E-state index in [1.54, 1.807) is 0 Å². The van der Waals surface area contributed by atoms with Crippen molar-refractivity contribution in [1.29, 1.82) is 0 Å². The van der Waals surface area contributed by atoms with Crippen LogP contribution in [0.1, 0.15) is 47.5 Å². The van der Waals surface area contributed by atoms with Gasteiger partial charge in [0, 0.05) is 26.2 Å². The van der Waals surface area contributed by atoms with Crippen molar-refractivity contribution in [2.75, 3.05) is 39.3 Å². The van der Waals surface area contributed by atoms with Crippen LogP contribution in [0.2, 0.25) is 0 Å². The third kappa shape index (κ3) is 4.46. The third-order valence-electron chi connectivity index (χ3n) is 5.52. The first-order valence-corrected chi connectivity index (χ1v) is 8.90. The average Bonchev–Trinajstić information content (AvgIpc) is 2.35. The van der Waals surface area contributed by atoms with Gasteiger partial charge in [-0.25, -0.2) is 0 Å². The molecule has 0 bridgehead atoms. The lowest BCUT2D eigenvalue weighted by Crippen LogP contribution is -2.50. The van der Waals surface area contributed by atoms with Crippen molar-refractivity contribution in [2.24, 2.45) is 29.6 Å². The summed E-state index contributed by atoms with van der Waals surface area (Å²) < 4.78 is 0. The Labute approximate surface area is 126 Å². The highest BCUT2D eigenvalue weighted by Crippen LogP contribution is 2.30. The summed E-state index contributed by atoms with van der Waals surface area (Å²) >= 11 is 0. The Hall–Kier alpha value is -0.0800. The van der Waals surface area contributed by atoms with E-state index in [4.69, 9.17) is 0 Å². The van der Waals surface area contributed by atoms with Gasteiger partial charge in [-0.1, -0.05) is 34.6 Å². The smallest absolute Gasteiger partial charge is 0.00157 e. The van der Waals surface area contributed by atoms with Crippen LogP contribution in [0.15, 0.2) is 0 Å². The molecule has 20 heavy (non-hydrogen) atoms. The van der Waals surface area contributed by atoms with Gasteiger partial charge in [0.25, 0.3) is 0 Å². The van der Waals surface area contributed by atoms with E-state index in [-0.39, 0.29) is 0 Å². The second-order valence-electron chi connectivity index (χ2n) is 8.21. The molecule has 2 atom stereocenters. The van der Waals surface area contributed by atoms with Crippen molar-refractivity contribution in [2.45, 2.75) is 47.5 Å². The van der Waals surface area contributed by atoms with Gasteiger partial charge in [0.15, 0.2) is 0 Å². The molecule has 2 nitrogen and oxygen atoms in total. The van der Waals surface area contributed by atoms with Gasteiger partial charge in [-0.15, -0.1) is 0 Å². The van der Waals surface area contributed by atoms with Gasteiger partial charge in [-0.05, 0) is 55.5 Å². The second-order valence-corrected chi connectivity index (χ2v) is 8.21. The molecule has 2 saturated heterocycles. The van der Waals surface area contributed by atoms with E-state index in [9.17, 15) is 0 Å². The Morgan fingerprint density at radius 3 is 1.95 bits per heavy atom. The van der Waals surface area contributed by atoms with Gasteiger partial charge in [0.05, 0.1) is 0 Å². The topological polar surface area (TPSA) is 6.48 Å². The van der Waals surface area contributed by atoms with E-state index in [1.807, 2.05) is 0 Å². The first kappa shape index (κ1) is 16.3. The van der Waals surface area contributed by atoms with Crippen molar-refractivity contribution < 1.29 is 0 Å². The van der Waals surface area contributed by atoms with Crippen LogP contribution in [0, 0.1) is 29.6 Å². The molecule has 2 heteroatoms. The quantitative estimate of drug-likeness (QED) is 0.776. The molecule has 2 unspecified atom stereocenters. The molecule has 2 aliphatic rings. The maximum atomic E-state index is 2.75. The molecule has 0 spiro atoms. The predicted octanol–water partition coefficient (Wildman–Crippen LogP) is 3.58. The summed E-state index contributed by atoms with van der Waals surface area (Å²) in [7, 11) is 0. The SMILES string of the molecule is CC(C)CN1CC(C)C(CN2CCC(C)CC2)C(C)C1. The van der Waals surface area contributed by atoms with E-state index in [0.717, 1.165) is 29.6 Å². The van der Waals surface area contributed by atoms with E-state index in [1.165, 1.54) is 52.1 Å². The minimum Gasteiger partial charge on any atom is -0.303 e. The predicted molar refractivity (Wildman–Crippen MR) is 87.9 cm³/mol. The minimum absolute atomic E-state index is 0.800. The number of rotatable bonds is 4. The highest BCUT2D eigenvalue weighted by atomic mass is 15.2. The Bertz CT molecular complexity index is 269. The van der Waals surface area contributed by atoms with Crippen LogP contribution >= 0.6 is 0 Å². The zero-order valence-electron chi connectivity index (χ0n) is 14.4. The molecule has 118 valence electrons. The lowest BCUT2D eigenvalue weighted by atomic mass is 9.78. The number of likely N-dealkylation sites (tertiary alicyclic amines) is 2. The molecule has 0 aromatic rings. The van der Waals surface area contributed by atoms with Crippen LogP contribution in [0.3, 0.4) is 0 Å². The molecular weight excluding hydrogens is 244 g/mol. The summed E-state index contributed by atoms with van der Waals surface area (Å²) in [5, 5.41) is 0. The van der Waals surface area contributed by atoms with E-state index >= 15 is 0 Å². The molecule has 0 amide bonds. The summed E-state index contributed by atoms with van der Waals surface area (Å²) in [4.78, 5) is 5.45. The maximum absolute atomic E-state index is 2.75. The van der Waals surface area contributed by atoms with Crippen LogP contribution in [-0.4, -0.2) is 49.1 Å². The normalized spacial score (nSPS) is 34.8. The fraction of sp³-hybridized carbons (Fsp3) is 1.00. The van der Waals surface area contributed by atoms with Gasteiger partial charge >= 0.3 is 0 Å². The van der Waals surface area contributed by atoms with Crippen molar-refractivity contribution in [3.8, 4) is 0 Å². The molecule has 2 heterocycles.